The molecule has 0 spiro atoms. The molecule has 0 aliphatic carbocycles. The van der Waals surface area contributed by atoms with Crippen LogP contribution in [0.2, 0.25) is 5.02 Å². The summed E-state index contributed by atoms with van der Waals surface area (Å²) >= 11 is 5.91. The van der Waals surface area contributed by atoms with Crippen LogP contribution in [0, 0.1) is 0 Å². The molecule has 2 rings (SSSR count). The molecule has 0 aliphatic rings. The first kappa shape index (κ1) is 14.0. The monoisotopic (exact) mass is 278 g/mol. The lowest BCUT2D eigenvalue weighted by Gasteiger charge is -2.16. The van der Waals surface area contributed by atoms with Gasteiger partial charge >= 0.3 is 0 Å². The summed E-state index contributed by atoms with van der Waals surface area (Å²) in [6, 6.07) is 8.37. The van der Waals surface area contributed by atoms with Gasteiger partial charge in [-0.3, -0.25) is 4.68 Å². The Morgan fingerprint density at radius 1 is 1.26 bits per heavy atom. The van der Waals surface area contributed by atoms with Gasteiger partial charge in [0.1, 0.15) is 0 Å². The summed E-state index contributed by atoms with van der Waals surface area (Å²) in [5.41, 5.74) is 2.29. The maximum absolute atomic E-state index is 5.91. The summed E-state index contributed by atoms with van der Waals surface area (Å²) in [5.74, 6) is 0. The van der Waals surface area contributed by atoms with Crippen LogP contribution in [-0.2, 0) is 19.9 Å². The molecule has 2 aromatic rings. The number of aromatic nitrogens is 3. The highest BCUT2D eigenvalue weighted by molar-refractivity contribution is 6.30. The van der Waals surface area contributed by atoms with Crippen LogP contribution in [0.3, 0.4) is 0 Å². The fourth-order valence-corrected chi connectivity index (χ4v) is 2.28. The number of likely N-dealkylation sites (N-methyl/N-ethyl adjacent to an activating group) is 1. The van der Waals surface area contributed by atoms with E-state index in [1.165, 1.54) is 5.56 Å². The Hall–Kier alpha value is -1.39. The van der Waals surface area contributed by atoms with E-state index >= 15 is 0 Å². The molecule has 0 fully saturated rings. The van der Waals surface area contributed by atoms with E-state index in [-0.39, 0.29) is 0 Å². The molecule has 1 aromatic carbocycles. The van der Waals surface area contributed by atoms with Gasteiger partial charge in [-0.25, -0.2) is 0 Å². The van der Waals surface area contributed by atoms with Crippen LogP contribution < -0.4 is 5.32 Å². The van der Waals surface area contributed by atoms with E-state index in [9.17, 15) is 0 Å². The van der Waals surface area contributed by atoms with Crippen molar-refractivity contribution in [2.45, 2.75) is 25.8 Å². The van der Waals surface area contributed by atoms with E-state index in [0.29, 0.717) is 6.04 Å². The predicted octanol–water partition coefficient (Wildman–Crippen LogP) is 2.23. The van der Waals surface area contributed by atoms with Crippen molar-refractivity contribution >= 4 is 11.6 Å². The summed E-state index contributed by atoms with van der Waals surface area (Å²) in [6.45, 7) is 3.06. The topological polar surface area (TPSA) is 42.7 Å². The Balaban J connectivity index is 2.01. The fraction of sp³-hybridized carbons (Fsp3) is 0.429. The third kappa shape index (κ3) is 4.33. The minimum Gasteiger partial charge on any atom is -0.314 e. The van der Waals surface area contributed by atoms with Gasteiger partial charge in [-0.1, -0.05) is 35.9 Å². The van der Waals surface area contributed by atoms with Crippen molar-refractivity contribution in [2.24, 2.45) is 7.05 Å². The number of aryl methyl sites for hydroxylation is 1. The fourth-order valence-electron chi connectivity index (χ4n) is 2.15. The molecule has 4 nitrogen and oxygen atoms in total. The van der Waals surface area contributed by atoms with Gasteiger partial charge in [-0.05, 0) is 30.7 Å². The van der Waals surface area contributed by atoms with Crippen LogP contribution in [0.15, 0.2) is 30.5 Å². The second-order valence-corrected chi connectivity index (χ2v) is 5.11. The molecule has 0 saturated heterocycles. The van der Waals surface area contributed by atoms with E-state index in [4.69, 9.17) is 11.6 Å². The molecule has 19 heavy (non-hydrogen) atoms. The van der Waals surface area contributed by atoms with Crippen LogP contribution in [-0.4, -0.2) is 27.6 Å². The third-order valence-corrected chi connectivity index (χ3v) is 3.25. The molecule has 1 atom stereocenters. The van der Waals surface area contributed by atoms with Crippen LogP contribution in [0.1, 0.15) is 18.2 Å². The minimum atomic E-state index is 0.364. The first-order chi connectivity index (χ1) is 9.17. The summed E-state index contributed by atoms with van der Waals surface area (Å²) < 4.78 is 1.74. The summed E-state index contributed by atoms with van der Waals surface area (Å²) in [4.78, 5) is 0. The number of nitrogens with zero attached hydrogens (tertiary/aromatic N) is 3. The molecular weight excluding hydrogens is 260 g/mol. The molecule has 1 unspecified atom stereocenters. The van der Waals surface area contributed by atoms with Gasteiger partial charge in [0, 0.05) is 30.7 Å². The van der Waals surface area contributed by atoms with E-state index < -0.39 is 0 Å². The maximum atomic E-state index is 5.91. The first-order valence-corrected chi connectivity index (χ1v) is 6.88. The lowest BCUT2D eigenvalue weighted by molar-refractivity contribution is 0.516. The smallest absolute Gasteiger partial charge is 0.0842 e. The normalized spacial score (nSPS) is 12.6. The zero-order chi connectivity index (χ0) is 13.7. The van der Waals surface area contributed by atoms with Crippen LogP contribution >= 0.6 is 11.6 Å². The Morgan fingerprint density at radius 2 is 2.00 bits per heavy atom. The predicted molar refractivity (Wildman–Crippen MR) is 77.3 cm³/mol. The number of hydrogen-bond donors (Lipinski definition) is 1. The molecule has 102 valence electrons. The van der Waals surface area contributed by atoms with Gasteiger partial charge in [0.05, 0.1) is 5.69 Å². The average molecular weight is 279 g/mol. The summed E-state index contributed by atoms with van der Waals surface area (Å²) in [6.07, 6.45) is 3.80. The minimum absolute atomic E-state index is 0.364. The lowest BCUT2D eigenvalue weighted by atomic mass is 10.0. The highest BCUT2D eigenvalue weighted by Crippen LogP contribution is 2.12. The molecule has 0 amide bonds. The maximum Gasteiger partial charge on any atom is 0.0842 e. The Kier molecular flexibility index (Phi) is 4.93. The van der Waals surface area contributed by atoms with Crippen molar-refractivity contribution in [1.29, 1.82) is 0 Å². The molecule has 0 aliphatic heterocycles. The van der Waals surface area contributed by atoms with Gasteiger partial charge in [0.2, 0.25) is 0 Å². The molecule has 5 heteroatoms. The van der Waals surface area contributed by atoms with Crippen molar-refractivity contribution < 1.29 is 0 Å². The zero-order valence-corrected chi connectivity index (χ0v) is 12.1. The number of hydrogen-bond acceptors (Lipinski definition) is 3. The van der Waals surface area contributed by atoms with E-state index in [2.05, 4.69) is 34.7 Å². The second-order valence-electron chi connectivity index (χ2n) is 4.67. The Labute approximate surface area is 118 Å². The lowest BCUT2D eigenvalue weighted by Crippen LogP contribution is -2.33. The van der Waals surface area contributed by atoms with Crippen LogP contribution in [0.25, 0.3) is 0 Å². The van der Waals surface area contributed by atoms with E-state index in [1.54, 1.807) is 4.68 Å². The average Bonchev–Trinajstić information content (AvgIpc) is 2.78. The highest BCUT2D eigenvalue weighted by atomic mass is 35.5. The SMILES string of the molecule is CCNC(Cc1ccc(Cl)cc1)Cc1cn(C)nn1. The van der Waals surface area contributed by atoms with Gasteiger partial charge in [0.25, 0.3) is 0 Å². The number of nitrogens with one attached hydrogen (secondary N) is 1. The Bertz CT molecular complexity index is 506. The van der Waals surface area contributed by atoms with Crippen molar-refractivity contribution in [2.75, 3.05) is 6.54 Å². The number of benzene rings is 1. The molecule has 0 radical (unpaired) electrons. The van der Waals surface area contributed by atoms with Crippen molar-refractivity contribution in [3.05, 3.63) is 46.7 Å². The molecule has 0 bridgehead atoms. The third-order valence-electron chi connectivity index (χ3n) is 2.99. The molecular formula is C14H19ClN4. The van der Waals surface area contributed by atoms with Crippen molar-refractivity contribution in [1.82, 2.24) is 20.3 Å². The first-order valence-electron chi connectivity index (χ1n) is 6.50. The summed E-state index contributed by atoms with van der Waals surface area (Å²) in [5, 5.41) is 12.4. The summed E-state index contributed by atoms with van der Waals surface area (Å²) in [7, 11) is 1.89. The van der Waals surface area contributed by atoms with Gasteiger partial charge < -0.3 is 5.32 Å². The number of rotatable bonds is 6. The van der Waals surface area contributed by atoms with Crippen molar-refractivity contribution in [3.63, 3.8) is 0 Å². The van der Waals surface area contributed by atoms with Crippen LogP contribution in [0.5, 0.6) is 0 Å². The number of halogens is 1. The Morgan fingerprint density at radius 3 is 2.58 bits per heavy atom. The zero-order valence-electron chi connectivity index (χ0n) is 11.3. The largest absolute Gasteiger partial charge is 0.314 e. The highest BCUT2D eigenvalue weighted by Gasteiger charge is 2.11. The molecule has 1 aromatic heterocycles. The molecule has 0 saturated carbocycles. The van der Waals surface area contributed by atoms with E-state index in [0.717, 1.165) is 30.1 Å². The van der Waals surface area contributed by atoms with E-state index in [1.807, 2.05) is 25.4 Å². The molecule has 1 N–H and O–H groups in total. The van der Waals surface area contributed by atoms with Crippen LogP contribution in [0.4, 0.5) is 0 Å². The standard InChI is InChI=1S/C14H19ClN4/c1-3-16-13(9-14-10-19(2)18-17-14)8-11-4-6-12(15)7-5-11/h4-7,10,13,16H,3,8-9H2,1-2H3. The molecule has 1 heterocycles. The van der Waals surface area contributed by atoms with Gasteiger partial charge in [0.15, 0.2) is 0 Å². The van der Waals surface area contributed by atoms with Crippen molar-refractivity contribution in [3.8, 4) is 0 Å². The van der Waals surface area contributed by atoms with Gasteiger partial charge in [-0.2, -0.15) is 0 Å². The van der Waals surface area contributed by atoms with Gasteiger partial charge in [-0.15, -0.1) is 5.10 Å². The second kappa shape index (κ2) is 6.68. The quantitative estimate of drug-likeness (QED) is 0.881.